The highest BCUT2D eigenvalue weighted by Crippen LogP contribution is 2.37. The summed E-state index contributed by atoms with van der Waals surface area (Å²) < 4.78 is 5.73. The zero-order valence-corrected chi connectivity index (χ0v) is 11.2. The summed E-state index contributed by atoms with van der Waals surface area (Å²) in [4.78, 5) is 2.29. The van der Waals surface area contributed by atoms with Crippen LogP contribution < -0.4 is 0 Å². The molecule has 98 valence electrons. The number of ether oxygens (including phenoxy) is 1. The SMILES string of the molecule is CN1COC[C@@H](c2ccccc2)[C@@H]1c1ccccc1. The summed E-state index contributed by atoms with van der Waals surface area (Å²) in [6.45, 7) is 1.48. The van der Waals surface area contributed by atoms with Gasteiger partial charge in [-0.25, -0.2) is 0 Å². The molecule has 2 nitrogen and oxygen atoms in total. The average Bonchev–Trinajstić information content (AvgIpc) is 2.49. The van der Waals surface area contributed by atoms with Crippen LogP contribution in [0.5, 0.6) is 0 Å². The molecule has 1 aliphatic heterocycles. The van der Waals surface area contributed by atoms with Crippen molar-refractivity contribution in [3.05, 3.63) is 71.8 Å². The maximum Gasteiger partial charge on any atom is 0.0993 e. The summed E-state index contributed by atoms with van der Waals surface area (Å²) in [5.74, 6) is 0.391. The van der Waals surface area contributed by atoms with Gasteiger partial charge in [0.25, 0.3) is 0 Å². The number of hydrogen-bond donors (Lipinski definition) is 0. The molecule has 0 spiro atoms. The molecule has 0 N–H and O–H groups in total. The topological polar surface area (TPSA) is 12.5 Å². The molecule has 2 aromatic rings. The van der Waals surface area contributed by atoms with Crippen molar-refractivity contribution in [2.45, 2.75) is 12.0 Å². The van der Waals surface area contributed by atoms with Crippen LogP contribution in [0.25, 0.3) is 0 Å². The molecule has 0 unspecified atom stereocenters. The molecule has 19 heavy (non-hydrogen) atoms. The summed E-state index contributed by atoms with van der Waals surface area (Å²) in [6.07, 6.45) is 0. The molecule has 0 radical (unpaired) electrons. The average molecular weight is 253 g/mol. The van der Waals surface area contributed by atoms with Crippen LogP contribution >= 0.6 is 0 Å². The van der Waals surface area contributed by atoms with Gasteiger partial charge >= 0.3 is 0 Å². The van der Waals surface area contributed by atoms with Crippen molar-refractivity contribution in [1.29, 1.82) is 0 Å². The van der Waals surface area contributed by atoms with E-state index in [2.05, 4.69) is 72.6 Å². The first-order valence-corrected chi connectivity index (χ1v) is 6.74. The largest absolute Gasteiger partial charge is 0.365 e. The van der Waals surface area contributed by atoms with E-state index in [-0.39, 0.29) is 0 Å². The Kier molecular flexibility index (Phi) is 3.62. The van der Waals surface area contributed by atoms with Gasteiger partial charge in [-0.1, -0.05) is 60.7 Å². The van der Waals surface area contributed by atoms with Gasteiger partial charge in [0.2, 0.25) is 0 Å². The Labute approximate surface area is 114 Å². The van der Waals surface area contributed by atoms with Crippen molar-refractivity contribution in [3.63, 3.8) is 0 Å². The van der Waals surface area contributed by atoms with Crippen molar-refractivity contribution < 1.29 is 4.74 Å². The summed E-state index contributed by atoms with van der Waals surface area (Å²) in [7, 11) is 2.13. The van der Waals surface area contributed by atoms with E-state index in [0.29, 0.717) is 18.7 Å². The van der Waals surface area contributed by atoms with Crippen LogP contribution in [0.1, 0.15) is 23.1 Å². The second-order valence-corrected chi connectivity index (χ2v) is 5.13. The molecule has 0 aromatic heterocycles. The van der Waals surface area contributed by atoms with Crippen LogP contribution in [-0.2, 0) is 4.74 Å². The van der Waals surface area contributed by atoms with E-state index < -0.39 is 0 Å². The highest BCUT2D eigenvalue weighted by molar-refractivity contribution is 5.28. The lowest BCUT2D eigenvalue weighted by Crippen LogP contribution is -2.38. The van der Waals surface area contributed by atoms with E-state index in [1.165, 1.54) is 11.1 Å². The first-order valence-electron chi connectivity index (χ1n) is 6.74. The Hall–Kier alpha value is -1.64. The predicted octanol–water partition coefficient (Wildman–Crippen LogP) is 3.43. The number of nitrogens with zero attached hydrogens (tertiary/aromatic N) is 1. The minimum Gasteiger partial charge on any atom is -0.365 e. The van der Waals surface area contributed by atoms with Crippen molar-refractivity contribution in [2.75, 3.05) is 20.4 Å². The Bertz CT molecular complexity index is 511. The van der Waals surface area contributed by atoms with Crippen LogP contribution in [0, 0.1) is 0 Å². The zero-order chi connectivity index (χ0) is 13.1. The Morgan fingerprint density at radius 1 is 0.895 bits per heavy atom. The molecule has 0 bridgehead atoms. The molecule has 1 aliphatic rings. The third-order valence-electron chi connectivity index (χ3n) is 3.82. The highest BCUT2D eigenvalue weighted by Gasteiger charge is 2.31. The standard InChI is InChI=1S/C17H19NO/c1-18-13-19-12-16(14-8-4-2-5-9-14)17(18)15-10-6-3-7-11-15/h2-11,16-17H,12-13H2,1H3/t16-,17-/m0/s1. The molecule has 0 amide bonds. The van der Waals surface area contributed by atoms with E-state index in [4.69, 9.17) is 4.74 Å². The minimum absolute atomic E-state index is 0.386. The van der Waals surface area contributed by atoms with Gasteiger partial charge in [0.1, 0.15) is 0 Å². The molecule has 1 saturated heterocycles. The summed E-state index contributed by atoms with van der Waals surface area (Å²) >= 11 is 0. The van der Waals surface area contributed by atoms with Crippen LogP contribution in [0.3, 0.4) is 0 Å². The Morgan fingerprint density at radius 2 is 1.47 bits per heavy atom. The van der Waals surface area contributed by atoms with Gasteiger partial charge in [0.15, 0.2) is 0 Å². The Morgan fingerprint density at radius 3 is 2.11 bits per heavy atom. The summed E-state index contributed by atoms with van der Waals surface area (Å²) in [5.41, 5.74) is 2.71. The van der Waals surface area contributed by atoms with Gasteiger partial charge in [-0.05, 0) is 18.2 Å². The van der Waals surface area contributed by atoms with Crippen molar-refractivity contribution in [3.8, 4) is 0 Å². The second-order valence-electron chi connectivity index (χ2n) is 5.13. The van der Waals surface area contributed by atoms with Crippen molar-refractivity contribution in [1.82, 2.24) is 4.90 Å². The number of likely N-dealkylation sites (N-methyl/N-ethyl adjacent to an activating group) is 1. The zero-order valence-electron chi connectivity index (χ0n) is 11.2. The molecule has 0 aliphatic carbocycles. The van der Waals surface area contributed by atoms with Crippen LogP contribution in [0.4, 0.5) is 0 Å². The number of hydrogen-bond acceptors (Lipinski definition) is 2. The third-order valence-corrected chi connectivity index (χ3v) is 3.82. The van der Waals surface area contributed by atoms with Crippen molar-refractivity contribution in [2.24, 2.45) is 0 Å². The van der Waals surface area contributed by atoms with Gasteiger partial charge in [-0.15, -0.1) is 0 Å². The Balaban J connectivity index is 1.97. The van der Waals surface area contributed by atoms with E-state index in [1.54, 1.807) is 0 Å². The smallest absolute Gasteiger partial charge is 0.0993 e. The number of rotatable bonds is 2. The molecular formula is C17H19NO. The number of benzene rings is 2. The molecule has 2 atom stereocenters. The lowest BCUT2D eigenvalue weighted by molar-refractivity contribution is -0.0489. The predicted molar refractivity (Wildman–Crippen MR) is 76.9 cm³/mol. The van der Waals surface area contributed by atoms with Gasteiger partial charge in [0, 0.05) is 12.0 Å². The quantitative estimate of drug-likeness (QED) is 0.813. The van der Waals surface area contributed by atoms with Gasteiger partial charge < -0.3 is 4.74 Å². The van der Waals surface area contributed by atoms with Crippen molar-refractivity contribution >= 4 is 0 Å². The monoisotopic (exact) mass is 253 g/mol. The van der Waals surface area contributed by atoms with E-state index >= 15 is 0 Å². The normalized spacial score (nSPS) is 24.3. The molecule has 0 saturated carbocycles. The fourth-order valence-corrected chi connectivity index (χ4v) is 2.92. The summed E-state index contributed by atoms with van der Waals surface area (Å²) in [6, 6.07) is 21.8. The molecule has 1 heterocycles. The van der Waals surface area contributed by atoms with Gasteiger partial charge in [0.05, 0.1) is 13.3 Å². The fraction of sp³-hybridized carbons (Fsp3) is 0.294. The van der Waals surface area contributed by atoms with E-state index in [0.717, 1.165) is 6.61 Å². The fourth-order valence-electron chi connectivity index (χ4n) is 2.92. The maximum absolute atomic E-state index is 5.73. The van der Waals surface area contributed by atoms with Crippen LogP contribution in [-0.4, -0.2) is 25.3 Å². The second kappa shape index (κ2) is 5.55. The summed E-state index contributed by atoms with van der Waals surface area (Å²) in [5, 5.41) is 0. The molecule has 1 fully saturated rings. The van der Waals surface area contributed by atoms with E-state index in [9.17, 15) is 0 Å². The highest BCUT2D eigenvalue weighted by atomic mass is 16.5. The van der Waals surface area contributed by atoms with Crippen LogP contribution in [0.2, 0.25) is 0 Å². The first kappa shape index (κ1) is 12.4. The van der Waals surface area contributed by atoms with Crippen LogP contribution in [0.15, 0.2) is 60.7 Å². The molecule has 2 aromatic carbocycles. The van der Waals surface area contributed by atoms with E-state index in [1.807, 2.05) is 0 Å². The lowest BCUT2D eigenvalue weighted by Gasteiger charge is -2.39. The lowest BCUT2D eigenvalue weighted by atomic mass is 9.86. The van der Waals surface area contributed by atoms with Gasteiger partial charge in [-0.2, -0.15) is 0 Å². The first-order chi connectivity index (χ1) is 9.36. The molecule has 3 rings (SSSR count). The molecule has 2 heteroatoms. The minimum atomic E-state index is 0.386. The molecular weight excluding hydrogens is 234 g/mol. The van der Waals surface area contributed by atoms with Gasteiger partial charge in [-0.3, -0.25) is 4.90 Å². The third kappa shape index (κ3) is 2.55. The maximum atomic E-state index is 5.73.